The highest BCUT2D eigenvalue weighted by molar-refractivity contribution is 6.32. The van der Waals surface area contributed by atoms with Gasteiger partial charge in [0, 0.05) is 12.2 Å². The zero-order valence-electron chi connectivity index (χ0n) is 12.2. The molecule has 5 nitrogen and oxygen atoms in total. The minimum atomic E-state index is 0.475. The van der Waals surface area contributed by atoms with Gasteiger partial charge in [-0.2, -0.15) is 4.98 Å². The summed E-state index contributed by atoms with van der Waals surface area (Å²) in [5.41, 5.74) is 0.891. The number of nitrogens with one attached hydrogen (secondary N) is 2. The lowest BCUT2D eigenvalue weighted by molar-refractivity contribution is 0.317. The van der Waals surface area contributed by atoms with Crippen molar-refractivity contribution >= 4 is 29.1 Å². The molecule has 0 amide bonds. The molecule has 0 aliphatic heterocycles. The monoisotopic (exact) mass is 306 g/mol. The van der Waals surface area contributed by atoms with Crippen LogP contribution in [0.4, 0.5) is 17.5 Å². The van der Waals surface area contributed by atoms with Gasteiger partial charge in [-0.25, -0.2) is 4.98 Å². The van der Waals surface area contributed by atoms with E-state index in [1.54, 1.807) is 6.20 Å². The maximum Gasteiger partial charge on any atom is 0.224 e. The number of ether oxygens (including phenoxy) is 1. The smallest absolute Gasteiger partial charge is 0.224 e. The zero-order valence-corrected chi connectivity index (χ0v) is 12.9. The third kappa shape index (κ3) is 4.49. The number of anilines is 3. The van der Waals surface area contributed by atoms with Gasteiger partial charge in [-0.3, -0.25) is 0 Å². The van der Waals surface area contributed by atoms with Crippen LogP contribution in [0.25, 0.3) is 0 Å². The minimum Gasteiger partial charge on any atom is -0.494 e. The normalized spacial score (nSPS) is 10.2. The molecule has 0 fully saturated rings. The minimum absolute atomic E-state index is 0.475. The average Bonchev–Trinajstić information content (AvgIpc) is 2.50. The fourth-order valence-electron chi connectivity index (χ4n) is 1.69. The molecule has 0 aliphatic carbocycles. The lowest BCUT2D eigenvalue weighted by atomic mass is 10.3. The van der Waals surface area contributed by atoms with Crippen LogP contribution in [0, 0.1) is 0 Å². The van der Waals surface area contributed by atoms with Crippen LogP contribution >= 0.6 is 11.6 Å². The highest BCUT2D eigenvalue weighted by Crippen LogP contribution is 2.25. The standard InChI is InChI=1S/C15H19ClN4O/c1-3-9-21-12-7-5-11(6-8-12)19-14-13(16)10-18-15(20-14)17-4-2/h5-8,10H,3-4,9H2,1-2H3,(H2,17,18,19,20). The van der Waals surface area contributed by atoms with Crippen LogP contribution in [-0.2, 0) is 0 Å². The Morgan fingerprint density at radius 2 is 1.95 bits per heavy atom. The molecule has 2 N–H and O–H groups in total. The molecule has 21 heavy (non-hydrogen) atoms. The van der Waals surface area contributed by atoms with Crippen molar-refractivity contribution in [3.05, 3.63) is 35.5 Å². The van der Waals surface area contributed by atoms with Gasteiger partial charge in [-0.1, -0.05) is 18.5 Å². The highest BCUT2D eigenvalue weighted by Gasteiger charge is 2.05. The van der Waals surface area contributed by atoms with Gasteiger partial charge in [0.1, 0.15) is 10.8 Å². The third-order valence-corrected chi connectivity index (χ3v) is 2.95. The van der Waals surface area contributed by atoms with Crippen LogP contribution in [0.15, 0.2) is 30.5 Å². The first kappa shape index (κ1) is 15.4. The van der Waals surface area contributed by atoms with Crippen LogP contribution in [0.2, 0.25) is 5.02 Å². The van der Waals surface area contributed by atoms with E-state index < -0.39 is 0 Å². The molecule has 0 bridgehead atoms. The molecule has 6 heteroatoms. The summed E-state index contributed by atoms with van der Waals surface area (Å²) in [5, 5.41) is 6.70. The van der Waals surface area contributed by atoms with Gasteiger partial charge in [0.2, 0.25) is 5.95 Å². The highest BCUT2D eigenvalue weighted by atomic mass is 35.5. The molecule has 1 aromatic heterocycles. The van der Waals surface area contributed by atoms with E-state index in [4.69, 9.17) is 16.3 Å². The molecule has 0 aliphatic rings. The Labute approximate surface area is 129 Å². The predicted octanol–water partition coefficient (Wildman–Crippen LogP) is 4.09. The SMILES string of the molecule is CCCOc1ccc(Nc2nc(NCC)ncc2Cl)cc1. The van der Waals surface area contributed by atoms with Crippen molar-refractivity contribution in [2.45, 2.75) is 20.3 Å². The Bertz CT molecular complexity index is 574. The quantitative estimate of drug-likeness (QED) is 0.806. The lowest BCUT2D eigenvalue weighted by Gasteiger charge is -2.10. The molecule has 0 unspecified atom stereocenters. The average molecular weight is 307 g/mol. The Morgan fingerprint density at radius 3 is 2.62 bits per heavy atom. The van der Waals surface area contributed by atoms with Gasteiger partial charge in [0.05, 0.1) is 12.8 Å². The number of aromatic nitrogens is 2. The number of hydrogen-bond donors (Lipinski definition) is 2. The second-order valence-electron chi connectivity index (χ2n) is 4.42. The van der Waals surface area contributed by atoms with Gasteiger partial charge in [-0.05, 0) is 37.6 Å². The Morgan fingerprint density at radius 1 is 1.19 bits per heavy atom. The van der Waals surface area contributed by atoms with E-state index in [0.717, 1.165) is 31.0 Å². The molecule has 0 saturated carbocycles. The van der Waals surface area contributed by atoms with E-state index in [1.807, 2.05) is 31.2 Å². The van der Waals surface area contributed by atoms with Crippen LogP contribution in [0.5, 0.6) is 5.75 Å². The van der Waals surface area contributed by atoms with Gasteiger partial charge < -0.3 is 15.4 Å². The second kappa shape index (κ2) is 7.69. The largest absolute Gasteiger partial charge is 0.494 e. The van der Waals surface area contributed by atoms with E-state index in [-0.39, 0.29) is 0 Å². The zero-order chi connectivity index (χ0) is 15.1. The van der Waals surface area contributed by atoms with E-state index in [0.29, 0.717) is 16.8 Å². The fourth-order valence-corrected chi connectivity index (χ4v) is 1.83. The van der Waals surface area contributed by atoms with E-state index in [2.05, 4.69) is 27.5 Å². The molecule has 2 rings (SSSR count). The number of halogens is 1. The first-order valence-electron chi connectivity index (χ1n) is 6.99. The summed E-state index contributed by atoms with van der Waals surface area (Å²) in [6, 6.07) is 7.68. The summed E-state index contributed by atoms with van der Waals surface area (Å²) in [7, 11) is 0. The fraction of sp³-hybridized carbons (Fsp3) is 0.333. The first-order chi connectivity index (χ1) is 10.2. The van der Waals surface area contributed by atoms with Gasteiger partial charge in [0.15, 0.2) is 5.82 Å². The van der Waals surface area contributed by atoms with Crippen molar-refractivity contribution in [3.63, 3.8) is 0 Å². The van der Waals surface area contributed by atoms with Gasteiger partial charge in [0.25, 0.3) is 0 Å². The second-order valence-corrected chi connectivity index (χ2v) is 4.83. The van der Waals surface area contributed by atoms with Crippen LogP contribution < -0.4 is 15.4 Å². The molecule has 1 heterocycles. The van der Waals surface area contributed by atoms with Crippen molar-refractivity contribution in [2.24, 2.45) is 0 Å². The summed E-state index contributed by atoms with van der Waals surface area (Å²) in [4.78, 5) is 8.44. The summed E-state index contributed by atoms with van der Waals surface area (Å²) in [5.74, 6) is 1.97. The topological polar surface area (TPSA) is 59.1 Å². The summed E-state index contributed by atoms with van der Waals surface area (Å²) >= 11 is 6.11. The Balaban J connectivity index is 2.08. The summed E-state index contributed by atoms with van der Waals surface area (Å²) in [6.45, 7) is 5.54. The lowest BCUT2D eigenvalue weighted by Crippen LogP contribution is -2.04. The van der Waals surface area contributed by atoms with E-state index in [1.165, 1.54) is 0 Å². The molecular formula is C15H19ClN4O. The molecule has 2 aromatic rings. The number of hydrogen-bond acceptors (Lipinski definition) is 5. The maximum atomic E-state index is 6.11. The van der Waals surface area contributed by atoms with Crippen LogP contribution in [0.3, 0.4) is 0 Å². The molecular weight excluding hydrogens is 288 g/mol. The van der Waals surface area contributed by atoms with Crippen molar-refractivity contribution in [2.75, 3.05) is 23.8 Å². The van der Waals surface area contributed by atoms with E-state index in [9.17, 15) is 0 Å². The number of rotatable bonds is 7. The molecule has 0 atom stereocenters. The van der Waals surface area contributed by atoms with Gasteiger partial charge >= 0.3 is 0 Å². The third-order valence-electron chi connectivity index (χ3n) is 2.67. The van der Waals surface area contributed by atoms with Crippen molar-refractivity contribution in [1.29, 1.82) is 0 Å². The van der Waals surface area contributed by atoms with Crippen molar-refractivity contribution < 1.29 is 4.74 Å². The van der Waals surface area contributed by atoms with Crippen LogP contribution in [0.1, 0.15) is 20.3 Å². The van der Waals surface area contributed by atoms with Gasteiger partial charge in [-0.15, -0.1) is 0 Å². The molecule has 0 saturated heterocycles. The first-order valence-corrected chi connectivity index (χ1v) is 7.37. The van der Waals surface area contributed by atoms with Crippen LogP contribution in [-0.4, -0.2) is 23.1 Å². The molecule has 112 valence electrons. The Hall–Kier alpha value is -2.01. The van der Waals surface area contributed by atoms with Crippen molar-refractivity contribution in [3.8, 4) is 5.75 Å². The molecule has 1 aromatic carbocycles. The van der Waals surface area contributed by atoms with E-state index >= 15 is 0 Å². The maximum absolute atomic E-state index is 6.11. The predicted molar refractivity (Wildman–Crippen MR) is 86.7 cm³/mol. The number of benzene rings is 1. The molecule has 0 radical (unpaired) electrons. The summed E-state index contributed by atoms with van der Waals surface area (Å²) < 4.78 is 5.55. The van der Waals surface area contributed by atoms with Crippen molar-refractivity contribution in [1.82, 2.24) is 9.97 Å². The summed E-state index contributed by atoms with van der Waals surface area (Å²) in [6.07, 6.45) is 2.57. The number of nitrogens with zero attached hydrogens (tertiary/aromatic N) is 2. The Kier molecular flexibility index (Phi) is 5.63. The molecule has 0 spiro atoms.